The van der Waals surface area contributed by atoms with Crippen molar-refractivity contribution in [3.63, 3.8) is 0 Å². The van der Waals surface area contributed by atoms with Crippen molar-refractivity contribution < 1.29 is 18.6 Å². The standard InChI is InChI=1S/C26H27N3O6/c1-16-20(27-24(35-16)19-10-6-12-22(32-2)23(19)33-3)15-28-21-11-5-4-9-18(21)25(30)29(26(28)31)14-17-8-7-13-34-17/h4-6,9-12,17H,7-8,13-15H2,1-3H3. The Balaban J connectivity index is 1.60. The van der Waals surface area contributed by atoms with Crippen molar-refractivity contribution in [2.75, 3.05) is 20.8 Å². The van der Waals surface area contributed by atoms with Crippen LogP contribution in [0, 0.1) is 6.92 Å². The SMILES string of the molecule is COc1cccc(-c2nc(Cn3c(=O)n(CC4CCCO4)c(=O)c4ccccc43)c(C)o2)c1OC. The molecule has 1 unspecified atom stereocenters. The van der Waals surface area contributed by atoms with E-state index < -0.39 is 5.69 Å². The van der Waals surface area contributed by atoms with E-state index in [1.165, 1.54) is 4.57 Å². The fourth-order valence-electron chi connectivity index (χ4n) is 4.57. The molecule has 1 aliphatic rings. The van der Waals surface area contributed by atoms with Crippen molar-refractivity contribution in [1.82, 2.24) is 14.1 Å². The van der Waals surface area contributed by atoms with Crippen molar-refractivity contribution in [1.29, 1.82) is 0 Å². The maximum atomic E-state index is 13.5. The van der Waals surface area contributed by atoms with Crippen LogP contribution in [0.15, 0.2) is 56.5 Å². The smallest absolute Gasteiger partial charge is 0.331 e. The molecule has 1 fully saturated rings. The first-order valence-electron chi connectivity index (χ1n) is 11.5. The minimum absolute atomic E-state index is 0.143. The lowest BCUT2D eigenvalue weighted by Gasteiger charge is -2.16. The summed E-state index contributed by atoms with van der Waals surface area (Å²) in [4.78, 5) is 31.4. The second-order valence-corrected chi connectivity index (χ2v) is 8.50. The van der Waals surface area contributed by atoms with Crippen LogP contribution >= 0.6 is 0 Å². The van der Waals surface area contributed by atoms with Gasteiger partial charge in [0.2, 0.25) is 5.89 Å². The number of hydrogen-bond donors (Lipinski definition) is 0. The van der Waals surface area contributed by atoms with E-state index in [4.69, 9.17) is 18.6 Å². The van der Waals surface area contributed by atoms with Gasteiger partial charge in [-0.2, -0.15) is 0 Å². The molecular formula is C26H27N3O6. The van der Waals surface area contributed by atoms with Gasteiger partial charge in [0.25, 0.3) is 5.56 Å². The third-order valence-corrected chi connectivity index (χ3v) is 6.38. The van der Waals surface area contributed by atoms with E-state index in [0.29, 0.717) is 51.9 Å². The van der Waals surface area contributed by atoms with Gasteiger partial charge in [0.15, 0.2) is 11.5 Å². The highest BCUT2D eigenvalue weighted by Crippen LogP contribution is 2.38. The number of nitrogens with zero attached hydrogens (tertiary/aromatic N) is 3. The molecular weight excluding hydrogens is 450 g/mol. The van der Waals surface area contributed by atoms with Crippen molar-refractivity contribution in [2.45, 2.75) is 39.0 Å². The van der Waals surface area contributed by atoms with Gasteiger partial charge in [0, 0.05) is 6.61 Å². The Labute approximate surface area is 201 Å². The lowest BCUT2D eigenvalue weighted by atomic mass is 10.2. The third-order valence-electron chi connectivity index (χ3n) is 6.38. The predicted octanol–water partition coefficient (Wildman–Crippen LogP) is 3.37. The molecule has 1 saturated heterocycles. The number of fused-ring (bicyclic) bond motifs is 1. The minimum atomic E-state index is -0.396. The zero-order chi connectivity index (χ0) is 24.5. The lowest BCUT2D eigenvalue weighted by Crippen LogP contribution is -2.42. The van der Waals surface area contributed by atoms with Gasteiger partial charge >= 0.3 is 5.69 Å². The number of aryl methyl sites for hydroxylation is 1. The van der Waals surface area contributed by atoms with Gasteiger partial charge < -0.3 is 18.6 Å². The molecule has 2 aromatic heterocycles. The van der Waals surface area contributed by atoms with Crippen molar-refractivity contribution in [3.8, 4) is 23.0 Å². The van der Waals surface area contributed by atoms with E-state index in [0.717, 1.165) is 12.8 Å². The Hall–Kier alpha value is -3.85. The van der Waals surface area contributed by atoms with Crippen LogP contribution in [-0.2, 0) is 17.8 Å². The molecule has 1 atom stereocenters. The van der Waals surface area contributed by atoms with Crippen LogP contribution < -0.4 is 20.7 Å². The summed E-state index contributed by atoms with van der Waals surface area (Å²) in [5.41, 5.74) is 1.07. The van der Waals surface area contributed by atoms with Crippen LogP contribution in [0.2, 0.25) is 0 Å². The summed E-state index contributed by atoms with van der Waals surface area (Å²) in [5.74, 6) is 2.00. The Morgan fingerprint density at radius 3 is 2.63 bits per heavy atom. The molecule has 9 nitrogen and oxygen atoms in total. The number of aromatic nitrogens is 3. The number of rotatable bonds is 7. The second kappa shape index (κ2) is 9.42. The van der Waals surface area contributed by atoms with Gasteiger partial charge in [-0.3, -0.25) is 13.9 Å². The predicted molar refractivity (Wildman–Crippen MR) is 130 cm³/mol. The monoisotopic (exact) mass is 477 g/mol. The lowest BCUT2D eigenvalue weighted by molar-refractivity contribution is 0.0948. The molecule has 0 N–H and O–H groups in total. The summed E-state index contributed by atoms with van der Waals surface area (Å²) >= 11 is 0. The first-order chi connectivity index (χ1) is 17.0. The van der Waals surface area contributed by atoms with E-state index in [-0.39, 0.29) is 24.8 Å². The normalized spacial score (nSPS) is 15.6. The molecule has 2 aromatic carbocycles. The Morgan fingerprint density at radius 1 is 1.06 bits per heavy atom. The van der Waals surface area contributed by atoms with Gasteiger partial charge in [-0.1, -0.05) is 18.2 Å². The Bertz CT molecular complexity index is 1490. The molecule has 0 bridgehead atoms. The quantitative estimate of drug-likeness (QED) is 0.403. The zero-order valence-corrected chi connectivity index (χ0v) is 19.9. The van der Waals surface area contributed by atoms with Crippen molar-refractivity contribution in [2.24, 2.45) is 0 Å². The van der Waals surface area contributed by atoms with Crippen LogP contribution in [0.3, 0.4) is 0 Å². The van der Waals surface area contributed by atoms with Crippen LogP contribution in [0.1, 0.15) is 24.3 Å². The maximum absolute atomic E-state index is 13.5. The van der Waals surface area contributed by atoms with Crippen LogP contribution in [-0.4, -0.2) is 41.0 Å². The van der Waals surface area contributed by atoms with Crippen molar-refractivity contribution in [3.05, 3.63) is 74.8 Å². The van der Waals surface area contributed by atoms with Gasteiger partial charge in [-0.05, 0) is 44.0 Å². The number of para-hydroxylation sites is 2. The van der Waals surface area contributed by atoms with Gasteiger partial charge in [0.1, 0.15) is 11.5 Å². The summed E-state index contributed by atoms with van der Waals surface area (Å²) in [5, 5.41) is 0.473. The van der Waals surface area contributed by atoms with E-state index in [2.05, 4.69) is 4.98 Å². The highest BCUT2D eigenvalue weighted by Gasteiger charge is 2.23. The molecule has 0 radical (unpaired) electrons. The van der Waals surface area contributed by atoms with E-state index >= 15 is 0 Å². The molecule has 1 aliphatic heterocycles. The van der Waals surface area contributed by atoms with Crippen LogP contribution in [0.25, 0.3) is 22.4 Å². The molecule has 35 heavy (non-hydrogen) atoms. The number of ether oxygens (including phenoxy) is 3. The molecule has 3 heterocycles. The van der Waals surface area contributed by atoms with E-state index in [9.17, 15) is 9.59 Å². The van der Waals surface area contributed by atoms with Gasteiger partial charge in [-0.25, -0.2) is 9.78 Å². The summed E-state index contributed by atoms with van der Waals surface area (Å²) in [6.45, 7) is 2.82. The molecule has 4 aromatic rings. The zero-order valence-electron chi connectivity index (χ0n) is 19.9. The minimum Gasteiger partial charge on any atom is -0.493 e. The summed E-state index contributed by atoms with van der Waals surface area (Å²) < 4.78 is 25.4. The van der Waals surface area contributed by atoms with Crippen molar-refractivity contribution >= 4 is 10.9 Å². The number of oxazole rings is 1. The second-order valence-electron chi connectivity index (χ2n) is 8.50. The highest BCUT2D eigenvalue weighted by molar-refractivity contribution is 5.78. The molecule has 0 saturated carbocycles. The molecule has 0 spiro atoms. The van der Waals surface area contributed by atoms with Crippen LogP contribution in [0.4, 0.5) is 0 Å². The van der Waals surface area contributed by atoms with Gasteiger partial charge in [0.05, 0.1) is 49.9 Å². The van der Waals surface area contributed by atoms with Crippen LogP contribution in [0.5, 0.6) is 11.5 Å². The molecule has 0 aliphatic carbocycles. The van der Waals surface area contributed by atoms with E-state index in [1.807, 2.05) is 18.2 Å². The first-order valence-corrected chi connectivity index (χ1v) is 11.5. The fourth-order valence-corrected chi connectivity index (χ4v) is 4.57. The maximum Gasteiger partial charge on any atom is 0.331 e. The molecule has 9 heteroatoms. The highest BCUT2D eigenvalue weighted by atomic mass is 16.5. The summed E-state index contributed by atoms with van der Waals surface area (Å²) in [7, 11) is 3.12. The average Bonchev–Trinajstić information content (AvgIpc) is 3.53. The topological polar surface area (TPSA) is 97.7 Å². The summed E-state index contributed by atoms with van der Waals surface area (Å²) in [6.07, 6.45) is 1.61. The summed E-state index contributed by atoms with van der Waals surface area (Å²) in [6, 6.07) is 12.6. The van der Waals surface area contributed by atoms with E-state index in [1.54, 1.807) is 50.0 Å². The Morgan fingerprint density at radius 2 is 1.89 bits per heavy atom. The number of hydrogen-bond acceptors (Lipinski definition) is 7. The largest absolute Gasteiger partial charge is 0.493 e. The molecule has 182 valence electrons. The molecule has 5 rings (SSSR count). The Kier molecular flexibility index (Phi) is 6.17. The number of benzene rings is 2. The third kappa shape index (κ3) is 4.12. The average molecular weight is 478 g/mol. The molecule has 0 amide bonds. The van der Waals surface area contributed by atoms with Gasteiger partial charge in [-0.15, -0.1) is 0 Å². The first kappa shape index (κ1) is 22.9. The fraction of sp³-hybridized carbons (Fsp3) is 0.346. The number of methoxy groups -OCH3 is 2.